The van der Waals surface area contributed by atoms with Crippen molar-refractivity contribution in [2.75, 3.05) is 7.11 Å². The maximum absolute atomic E-state index is 13.4. The van der Waals surface area contributed by atoms with Gasteiger partial charge in [0.2, 0.25) is 9.84 Å². The lowest BCUT2D eigenvalue weighted by atomic mass is 10.1. The van der Waals surface area contributed by atoms with Gasteiger partial charge in [-0.15, -0.1) is 0 Å². The molecule has 4 rings (SSSR count). The number of hydrogen-bond donors (Lipinski definition) is 1. The maximum Gasteiger partial charge on any atom is 0.290 e. The van der Waals surface area contributed by atoms with Gasteiger partial charge < -0.3 is 14.7 Å². The van der Waals surface area contributed by atoms with Gasteiger partial charge in [0.05, 0.1) is 18.0 Å². The summed E-state index contributed by atoms with van der Waals surface area (Å²) in [5.74, 6) is -0.796. The van der Waals surface area contributed by atoms with Crippen LogP contribution in [0.25, 0.3) is 0 Å². The highest BCUT2D eigenvalue weighted by molar-refractivity contribution is 7.95. The molecule has 3 aromatic rings. The van der Waals surface area contributed by atoms with Crippen LogP contribution in [0.4, 0.5) is 0 Å². The van der Waals surface area contributed by atoms with E-state index in [0.29, 0.717) is 11.3 Å². The topological polar surface area (TPSA) is 83.9 Å². The molecule has 0 saturated carbocycles. The van der Waals surface area contributed by atoms with Gasteiger partial charge >= 0.3 is 0 Å². The fourth-order valence-electron chi connectivity index (χ4n) is 3.69. The highest BCUT2D eigenvalue weighted by Crippen LogP contribution is 2.43. The van der Waals surface area contributed by atoms with Crippen LogP contribution in [-0.2, 0) is 21.2 Å². The molecule has 1 aliphatic rings. The van der Waals surface area contributed by atoms with E-state index in [9.17, 15) is 18.3 Å². The standard InChI is InChI=1S/C24H21NO5S/c1-30-19-14-12-17(13-15-19)16-25-21(18-8-4-2-5-9-18)23(22(26)24(25)27)31(28,29)20-10-6-3-7-11-20/h2-15,21,26H,16H2,1H3/t21-/m1/s1. The number of nitrogens with zero attached hydrogens (tertiary/aromatic N) is 1. The summed E-state index contributed by atoms with van der Waals surface area (Å²) in [5, 5.41) is 10.7. The van der Waals surface area contributed by atoms with Crippen LogP contribution in [0.2, 0.25) is 0 Å². The van der Waals surface area contributed by atoms with Crippen LogP contribution in [-0.4, -0.2) is 31.4 Å². The van der Waals surface area contributed by atoms with Crippen LogP contribution >= 0.6 is 0 Å². The average Bonchev–Trinajstić information content (AvgIpc) is 3.06. The zero-order valence-corrected chi connectivity index (χ0v) is 17.6. The highest BCUT2D eigenvalue weighted by Gasteiger charge is 2.46. The minimum Gasteiger partial charge on any atom is -0.502 e. The minimum atomic E-state index is -4.11. The summed E-state index contributed by atoms with van der Waals surface area (Å²) < 4.78 is 32.1. The van der Waals surface area contributed by atoms with E-state index in [2.05, 4.69) is 0 Å². The van der Waals surface area contributed by atoms with Crippen LogP contribution in [0.1, 0.15) is 17.2 Å². The molecule has 158 valence electrons. The molecular weight excluding hydrogens is 414 g/mol. The molecule has 7 heteroatoms. The molecule has 1 heterocycles. The van der Waals surface area contributed by atoms with Crippen LogP contribution in [0.3, 0.4) is 0 Å². The molecular formula is C24H21NO5S. The van der Waals surface area contributed by atoms with Crippen molar-refractivity contribution >= 4 is 15.7 Å². The number of amides is 1. The number of aliphatic hydroxyl groups excluding tert-OH is 1. The largest absolute Gasteiger partial charge is 0.502 e. The second-order valence-electron chi connectivity index (χ2n) is 7.12. The fourth-order valence-corrected chi connectivity index (χ4v) is 5.36. The molecule has 0 radical (unpaired) electrons. The first-order valence-electron chi connectivity index (χ1n) is 9.65. The fraction of sp³-hybridized carbons (Fsp3) is 0.125. The number of ether oxygens (including phenoxy) is 1. The SMILES string of the molecule is COc1ccc(CN2C(=O)C(O)=C(S(=O)(=O)c3ccccc3)[C@H]2c2ccccc2)cc1. The van der Waals surface area contributed by atoms with E-state index >= 15 is 0 Å². The monoisotopic (exact) mass is 435 g/mol. The number of rotatable bonds is 6. The Morgan fingerprint density at radius 2 is 1.48 bits per heavy atom. The van der Waals surface area contributed by atoms with E-state index in [1.54, 1.807) is 73.8 Å². The lowest BCUT2D eigenvalue weighted by Gasteiger charge is -2.27. The van der Waals surface area contributed by atoms with E-state index < -0.39 is 27.5 Å². The Morgan fingerprint density at radius 3 is 2.06 bits per heavy atom. The van der Waals surface area contributed by atoms with Gasteiger partial charge in [-0.3, -0.25) is 4.79 Å². The van der Waals surface area contributed by atoms with Crippen molar-refractivity contribution in [2.24, 2.45) is 0 Å². The first kappa shape index (κ1) is 20.7. The quantitative estimate of drug-likeness (QED) is 0.632. The molecule has 1 N–H and O–H groups in total. The zero-order chi connectivity index (χ0) is 22.0. The Labute approximate surface area is 180 Å². The Kier molecular flexibility index (Phi) is 5.52. The molecule has 0 aromatic heterocycles. The first-order chi connectivity index (χ1) is 14.9. The van der Waals surface area contributed by atoms with E-state index in [1.165, 1.54) is 17.0 Å². The Hall–Kier alpha value is -3.58. The number of benzene rings is 3. The van der Waals surface area contributed by atoms with Crippen molar-refractivity contribution in [3.05, 3.63) is 107 Å². The van der Waals surface area contributed by atoms with Crippen molar-refractivity contribution in [2.45, 2.75) is 17.5 Å². The number of sulfone groups is 1. The van der Waals surface area contributed by atoms with Gasteiger partial charge in [-0.1, -0.05) is 60.7 Å². The second kappa shape index (κ2) is 8.28. The molecule has 3 aromatic carbocycles. The van der Waals surface area contributed by atoms with E-state index in [0.717, 1.165) is 5.56 Å². The van der Waals surface area contributed by atoms with Crippen molar-refractivity contribution < 1.29 is 23.1 Å². The number of aliphatic hydroxyl groups is 1. The van der Waals surface area contributed by atoms with Crippen LogP contribution in [0.15, 0.2) is 100 Å². The summed E-state index contributed by atoms with van der Waals surface area (Å²) in [6.45, 7) is 0.125. The lowest BCUT2D eigenvalue weighted by Crippen LogP contribution is -2.30. The average molecular weight is 436 g/mol. The van der Waals surface area contributed by atoms with Crippen LogP contribution in [0.5, 0.6) is 5.75 Å². The molecule has 0 spiro atoms. The molecule has 31 heavy (non-hydrogen) atoms. The summed E-state index contributed by atoms with van der Waals surface area (Å²) in [7, 11) is -2.54. The molecule has 0 unspecified atom stereocenters. The lowest BCUT2D eigenvalue weighted by molar-refractivity contribution is -0.130. The van der Waals surface area contributed by atoms with Crippen LogP contribution in [0, 0.1) is 0 Å². The van der Waals surface area contributed by atoms with Gasteiger partial charge in [0.15, 0.2) is 5.76 Å². The number of hydrogen-bond acceptors (Lipinski definition) is 5. The summed E-state index contributed by atoms with van der Waals surface area (Å²) in [4.78, 5) is 14.1. The predicted molar refractivity (Wildman–Crippen MR) is 116 cm³/mol. The summed E-state index contributed by atoms with van der Waals surface area (Å²) in [6, 6.07) is 22.9. The molecule has 0 fully saturated rings. The molecule has 1 amide bonds. The van der Waals surface area contributed by atoms with Gasteiger partial charge in [-0.2, -0.15) is 0 Å². The van der Waals surface area contributed by atoms with Crippen molar-refractivity contribution in [3.63, 3.8) is 0 Å². The molecule has 6 nitrogen and oxygen atoms in total. The zero-order valence-electron chi connectivity index (χ0n) is 16.8. The van der Waals surface area contributed by atoms with Crippen molar-refractivity contribution in [3.8, 4) is 5.75 Å². The summed E-state index contributed by atoms with van der Waals surface area (Å²) in [5.41, 5.74) is 1.38. The third kappa shape index (κ3) is 3.80. The smallest absolute Gasteiger partial charge is 0.290 e. The van der Waals surface area contributed by atoms with Gasteiger partial charge in [0, 0.05) is 6.54 Å². The minimum absolute atomic E-state index is 0.0246. The third-order valence-corrected chi connectivity index (χ3v) is 7.12. The van der Waals surface area contributed by atoms with Crippen molar-refractivity contribution in [1.82, 2.24) is 4.90 Å². The predicted octanol–water partition coefficient (Wildman–Crippen LogP) is 4.02. The Bertz CT molecular complexity index is 1220. The molecule has 1 aliphatic heterocycles. The molecule has 0 aliphatic carbocycles. The van der Waals surface area contributed by atoms with Crippen LogP contribution < -0.4 is 4.74 Å². The van der Waals surface area contributed by atoms with Gasteiger partial charge in [0.25, 0.3) is 5.91 Å². The summed E-state index contributed by atoms with van der Waals surface area (Å²) >= 11 is 0. The Morgan fingerprint density at radius 1 is 0.903 bits per heavy atom. The summed E-state index contributed by atoms with van der Waals surface area (Å²) in [6.07, 6.45) is 0. The number of carbonyl (C=O) groups excluding carboxylic acids is 1. The molecule has 1 atom stereocenters. The van der Waals surface area contributed by atoms with E-state index in [4.69, 9.17) is 4.74 Å². The van der Waals surface area contributed by atoms with E-state index in [1.807, 2.05) is 6.07 Å². The maximum atomic E-state index is 13.4. The van der Waals surface area contributed by atoms with Crippen molar-refractivity contribution in [1.29, 1.82) is 0 Å². The number of carbonyl (C=O) groups is 1. The molecule has 0 saturated heterocycles. The van der Waals surface area contributed by atoms with Gasteiger partial charge in [-0.25, -0.2) is 8.42 Å². The first-order valence-corrected chi connectivity index (χ1v) is 11.1. The normalized spacial score (nSPS) is 16.6. The van der Waals surface area contributed by atoms with E-state index in [-0.39, 0.29) is 16.3 Å². The Balaban J connectivity index is 1.81. The molecule has 0 bridgehead atoms. The highest BCUT2D eigenvalue weighted by atomic mass is 32.2. The van der Waals surface area contributed by atoms with Gasteiger partial charge in [0.1, 0.15) is 10.7 Å². The number of methoxy groups -OCH3 is 1. The third-order valence-electron chi connectivity index (χ3n) is 5.23. The van der Waals surface area contributed by atoms with Gasteiger partial charge in [-0.05, 0) is 35.4 Å². The second-order valence-corrected chi connectivity index (χ2v) is 9.04.